The molecule has 0 aliphatic carbocycles. The van der Waals surface area contributed by atoms with Crippen molar-refractivity contribution < 1.29 is 56.3 Å². The molecule has 0 radical (unpaired) electrons. The van der Waals surface area contributed by atoms with Crippen molar-refractivity contribution in [3.63, 3.8) is 0 Å². The van der Waals surface area contributed by atoms with E-state index in [0.717, 1.165) is 22.9 Å². The summed E-state index contributed by atoms with van der Waals surface area (Å²) in [6.07, 6.45) is -13.6. The second-order valence-electron chi connectivity index (χ2n) is 8.61. The lowest BCUT2D eigenvalue weighted by Gasteiger charge is -2.38. The highest BCUT2D eigenvalue weighted by Crippen LogP contribution is 2.33. The average Bonchev–Trinajstić information content (AvgIpc) is 3.33. The maximum absolute atomic E-state index is 13.4. The predicted octanol–water partition coefficient (Wildman–Crippen LogP) is 0.614. The summed E-state index contributed by atoms with van der Waals surface area (Å²) in [6, 6.07) is 11.5. The number of aliphatic hydroxyl groups is 3. The third-order valence-corrected chi connectivity index (χ3v) is 6.82. The number of alkyl halides is 3. The first-order chi connectivity index (χ1) is 18.2. The van der Waals surface area contributed by atoms with E-state index in [1.165, 1.54) is 36.4 Å². The van der Waals surface area contributed by atoms with Gasteiger partial charge in [0.2, 0.25) is 10.0 Å². The molecule has 4 rings (SSSR count). The summed E-state index contributed by atoms with van der Waals surface area (Å²) < 4.78 is 74.8. The van der Waals surface area contributed by atoms with Crippen molar-refractivity contribution in [1.29, 1.82) is 0 Å². The van der Waals surface area contributed by atoms with Crippen LogP contribution in [0.2, 0.25) is 0 Å². The van der Waals surface area contributed by atoms with E-state index in [1.807, 2.05) is 0 Å². The minimum atomic E-state index is -4.76. The zero-order chi connectivity index (χ0) is 28.7. The highest BCUT2D eigenvalue weighted by molar-refractivity contribution is 7.89. The molecular formula is C23H22F3N3O9S. The van der Waals surface area contributed by atoms with E-state index in [9.17, 15) is 41.7 Å². The fourth-order valence-electron chi connectivity index (χ4n) is 3.84. The SMILES string of the molecule is NS(=O)(=O)c1ccc(-n2nc(C(F)(F)F)cc2-c2ccc(CO[C@@H]3O[C@H](C(=O)O)[C@@H](O)[C@H](O)[C@H]3O)cc2)cc1. The monoisotopic (exact) mass is 573 g/mol. The molecule has 1 aromatic heterocycles. The average molecular weight is 574 g/mol. The Morgan fingerprint density at radius 3 is 2.18 bits per heavy atom. The number of carboxylic acids is 1. The molecular weight excluding hydrogens is 551 g/mol. The minimum absolute atomic E-state index is 0.0330. The van der Waals surface area contributed by atoms with E-state index in [2.05, 4.69) is 5.10 Å². The number of aliphatic hydroxyl groups excluding tert-OH is 3. The lowest BCUT2D eigenvalue weighted by atomic mass is 9.99. The Bertz CT molecular complexity index is 1440. The van der Waals surface area contributed by atoms with Crippen LogP contribution in [-0.2, 0) is 37.1 Å². The van der Waals surface area contributed by atoms with Crippen LogP contribution in [0.3, 0.4) is 0 Å². The number of carbonyl (C=O) groups is 1. The van der Waals surface area contributed by atoms with Gasteiger partial charge >= 0.3 is 12.1 Å². The molecule has 1 saturated heterocycles. The van der Waals surface area contributed by atoms with Gasteiger partial charge in [0.15, 0.2) is 18.1 Å². The van der Waals surface area contributed by atoms with Crippen molar-refractivity contribution in [1.82, 2.24) is 9.78 Å². The van der Waals surface area contributed by atoms with Crippen molar-refractivity contribution in [2.24, 2.45) is 5.14 Å². The van der Waals surface area contributed by atoms with Gasteiger partial charge in [-0.15, -0.1) is 0 Å². The summed E-state index contributed by atoms with van der Waals surface area (Å²) in [5.74, 6) is -1.57. The Balaban J connectivity index is 1.57. The number of sulfonamides is 1. The van der Waals surface area contributed by atoms with E-state index in [0.29, 0.717) is 11.1 Å². The number of aromatic nitrogens is 2. The van der Waals surface area contributed by atoms with Gasteiger partial charge in [-0.1, -0.05) is 24.3 Å². The molecule has 0 saturated carbocycles. The van der Waals surface area contributed by atoms with Crippen LogP contribution in [-0.4, -0.2) is 75.3 Å². The summed E-state index contributed by atoms with van der Waals surface area (Å²) >= 11 is 0. The Kier molecular flexibility index (Phi) is 7.82. The van der Waals surface area contributed by atoms with Crippen LogP contribution in [0.25, 0.3) is 16.9 Å². The normalized spacial score (nSPS) is 24.0. The maximum Gasteiger partial charge on any atom is 0.435 e. The van der Waals surface area contributed by atoms with Crippen molar-refractivity contribution in [3.05, 3.63) is 65.9 Å². The van der Waals surface area contributed by atoms with Gasteiger partial charge in [-0.05, 0) is 35.9 Å². The Morgan fingerprint density at radius 2 is 1.64 bits per heavy atom. The highest BCUT2D eigenvalue weighted by atomic mass is 32.2. The van der Waals surface area contributed by atoms with Gasteiger partial charge in [-0.3, -0.25) is 0 Å². The lowest BCUT2D eigenvalue weighted by Crippen LogP contribution is -2.60. The summed E-state index contributed by atoms with van der Waals surface area (Å²) in [5.41, 5.74) is -0.266. The van der Waals surface area contributed by atoms with Crippen LogP contribution < -0.4 is 5.14 Å². The van der Waals surface area contributed by atoms with E-state index in [4.69, 9.17) is 19.7 Å². The molecule has 1 aliphatic rings. The number of aliphatic carboxylic acids is 1. The van der Waals surface area contributed by atoms with Crippen molar-refractivity contribution >= 4 is 16.0 Å². The molecule has 0 spiro atoms. The van der Waals surface area contributed by atoms with E-state index in [-0.39, 0.29) is 22.9 Å². The van der Waals surface area contributed by atoms with Crippen molar-refractivity contribution in [2.45, 2.75) is 48.4 Å². The fraction of sp³-hybridized carbons (Fsp3) is 0.304. The first-order valence-corrected chi connectivity index (χ1v) is 12.7. The summed E-state index contributed by atoms with van der Waals surface area (Å²) in [5, 5.41) is 47.5. The molecule has 0 amide bonds. The Labute approximate surface area is 218 Å². The number of benzene rings is 2. The van der Waals surface area contributed by atoms with Crippen LogP contribution in [0.15, 0.2) is 59.5 Å². The highest BCUT2D eigenvalue weighted by Gasteiger charge is 2.47. The van der Waals surface area contributed by atoms with Crippen LogP contribution >= 0.6 is 0 Å². The minimum Gasteiger partial charge on any atom is -0.479 e. The number of hydrogen-bond donors (Lipinski definition) is 5. The van der Waals surface area contributed by atoms with E-state index in [1.54, 1.807) is 0 Å². The molecule has 2 heterocycles. The number of nitrogens with zero attached hydrogens (tertiary/aromatic N) is 2. The van der Waals surface area contributed by atoms with Gasteiger partial charge in [0.05, 0.1) is 22.9 Å². The van der Waals surface area contributed by atoms with Gasteiger partial charge in [0.25, 0.3) is 0 Å². The molecule has 12 nitrogen and oxygen atoms in total. The standard InChI is InChI=1S/C23H22F3N3O9S/c24-23(25,26)16-9-15(29(28-16)13-5-7-14(8-6-13)39(27,35)36)12-3-1-11(2-4-12)10-37-22-19(32)17(30)18(31)20(38-22)21(33)34/h1-9,17-20,22,30-32H,10H2,(H,33,34)(H2,27,35,36)/t17-,18-,19+,20-,22+/m0/s1. The summed E-state index contributed by atoms with van der Waals surface area (Å²) in [7, 11) is -4.02. The van der Waals surface area contributed by atoms with Crippen LogP contribution in [0.4, 0.5) is 13.2 Å². The molecule has 0 unspecified atom stereocenters. The number of nitrogens with two attached hydrogens (primary N) is 1. The molecule has 6 N–H and O–H groups in total. The number of carboxylic acid groups (broad SMARTS) is 1. The van der Waals surface area contributed by atoms with Crippen LogP contribution in [0.5, 0.6) is 0 Å². The van der Waals surface area contributed by atoms with Crippen LogP contribution in [0, 0.1) is 0 Å². The lowest BCUT2D eigenvalue weighted by molar-refractivity contribution is -0.297. The molecule has 39 heavy (non-hydrogen) atoms. The molecule has 1 aliphatic heterocycles. The van der Waals surface area contributed by atoms with Crippen molar-refractivity contribution in [2.75, 3.05) is 0 Å². The molecule has 0 bridgehead atoms. The third-order valence-electron chi connectivity index (χ3n) is 5.89. The first-order valence-electron chi connectivity index (χ1n) is 11.1. The Morgan fingerprint density at radius 1 is 1.03 bits per heavy atom. The molecule has 3 aromatic rings. The molecule has 1 fully saturated rings. The molecule has 2 aromatic carbocycles. The van der Waals surface area contributed by atoms with Gasteiger partial charge in [-0.2, -0.15) is 18.3 Å². The zero-order valence-electron chi connectivity index (χ0n) is 19.6. The molecule has 210 valence electrons. The molecule has 5 atom stereocenters. The largest absolute Gasteiger partial charge is 0.479 e. The molecule has 16 heteroatoms. The maximum atomic E-state index is 13.4. The smallest absolute Gasteiger partial charge is 0.435 e. The second kappa shape index (κ2) is 10.6. The third kappa shape index (κ3) is 6.11. The van der Waals surface area contributed by atoms with E-state index >= 15 is 0 Å². The summed E-state index contributed by atoms with van der Waals surface area (Å²) in [4.78, 5) is 11.0. The van der Waals surface area contributed by atoms with Crippen molar-refractivity contribution in [3.8, 4) is 16.9 Å². The number of rotatable bonds is 7. The van der Waals surface area contributed by atoms with Gasteiger partial charge in [-0.25, -0.2) is 23.0 Å². The first kappa shape index (κ1) is 28.6. The van der Waals surface area contributed by atoms with Gasteiger partial charge in [0, 0.05) is 5.56 Å². The number of ether oxygens (including phenoxy) is 2. The topological polar surface area (TPSA) is 194 Å². The fourth-order valence-corrected chi connectivity index (χ4v) is 4.35. The predicted molar refractivity (Wildman–Crippen MR) is 124 cm³/mol. The number of primary sulfonamides is 1. The van der Waals surface area contributed by atoms with Gasteiger partial charge < -0.3 is 29.9 Å². The summed E-state index contributed by atoms with van der Waals surface area (Å²) in [6.45, 7) is -0.251. The number of hydrogen-bond acceptors (Lipinski definition) is 9. The van der Waals surface area contributed by atoms with Gasteiger partial charge in [0.1, 0.15) is 18.3 Å². The second-order valence-corrected chi connectivity index (χ2v) is 10.2. The number of halogens is 3. The van der Waals surface area contributed by atoms with E-state index < -0.39 is 58.6 Å². The quantitative estimate of drug-likeness (QED) is 0.267. The van der Waals surface area contributed by atoms with Crippen LogP contribution in [0.1, 0.15) is 11.3 Å². The zero-order valence-corrected chi connectivity index (χ0v) is 20.5. The Hall–Kier alpha value is -3.38.